The molecule has 0 aliphatic heterocycles. The summed E-state index contributed by atoms with van der Waals surface area (Å²) in [6, 6.07) is -0.176. The van der Waals surface area contributed by atoms with E-state index in [1.807, 2.05) is 13.0 Å². The van der Waals surface area contributed by atoms with E-state index in [0.717, 1.165) is 0 Å². The Morgan fingerprint density at radius 3 is 2.57 bits per heavy atom. The summed E-state index contributed by atoms with van der Waals surface area (Å²) in [4.78, 5) is 0. The van der Waals surface area contributed by atoms with Crippen LogP contribution in [-0.4, -0.2) is 17.8 Å². The SMILES string of the molecule is CC=C[C@@H](N)CO. The molecule has 0 fully saturated rings. The van der Waals surface area contributed by atoms with Gasteiger partial charge in [-0.2, -0.15) is 0 Å². The molecule has 0 spiro atoms. The maximum Gasteiger partial charge on any atom is 0.0618 e. The van der Waals surface area contributed by atoms with Crippen LogP contribution in [0.25, 0.3) is 0 Å². The number of rotatable bonds is 2. The Balaban J connectivity index is 3.16. The van der Waals surface area contributed by atoms with E-state index in [9.17, 15) is 0 Å². The Morgan fingerprint density at radius 2 is 2.43 bits per heavy atom. The van der Waals surface area contributed by atoms with Crippen molar-refractivity contribution in [3.63, 3.8) is 0 Å². The predicted octanol–water partition coefficient (Wildman–Crippen LogP) is -0.118. The van der Waals surface area contributed by atoms with Crippen LogP contribution >= 0.6 is 0 Å². The van der Waals surface area contributed by atoms with Crippen LogP contribution in [0.2, 0.25) is 0 Å². The zero-order valence-electron chi connectivity index (χ0n) is 4.46. The standard InChI is InChI=1S/C5H11NO/c1-2-3-5(6)4-7/h2-3,5,7H,4,6H2,1H3/t5-/m1/s1. The van der Waals surface area contributed by atoms with Crippen molar-refractivity contribution in [2.24, 2.45) is 5.73 Å². The zero-order valence-corrected chi connectivity index (χ0v) is 4.46. The second-order valence-electron chi connectivity index (χ2n) is 1.37. The highest BCUT2D eigenvalue weighted by molar-refractivity contribution is 4.87. The lowest BCUT2D eigenvalue weighted by Gasteiger charge is -1.95. The van der Waals surface area contributed by atoms with Crippen LogP contribution in [0.1, 0.15) is 6.92 Å². The van der Waals surface area contributed by atoms with Gasteiger partial charge in [0.2, 0.25) is 0 Å². The fourth-order valence-corrected chi connectivity index (χ4v) is 0.308. The van der Waals surface area contributed by atoms with Gasteiger partial charge >= 0.3 is 0 Å². The molecule has 0 aliphatic carbocycles. The van der Waals surface area contributed by atoms with Crippen LogP contribution < -0.4 is 5.73 Å². The highest BCUT2D eigenvalue weighted by Gasteiger charge is 1.87. The fraction of sp³-hybridized carbons (Fsp3) is 0.600. The van der Waals surface area contributed by atoms with Gasteiger partial charge in [0, 0.05) is 6.04 Å². The summed E-state index contributed by atoms with van der Waals surface area (Å²) in [5, 5.41) is 8.29. The van der Waals surface area contributed by atoms with Crippen LogP contribution in [0.4, 0.5) is 0 Å². The van der Waals surface area contributed by atoms with Gasteiger partial charge in [-0.1, -0.05) is 12.2 Å². The summed E-state index contributed by atoms with van der Waals surface area (Å²) >= 11 is 0. The van der Waals surface area contributed by atoms with Crippen LogP contribution in [0, 0.1) is 0 Å². The number of nitrogens with two attached hydrogens (primary N) is 1. The predicted molar refractivity (Wildman–Crippen MR) is 29.9 cm³/mol. The van der Waals surface area contributed by atoms with E-state index in [4.69, 9.17) is 10.8 Å². The molecule has 0 rings (SSSR count). The maximum absolute atomic E-state index is 8.29. The maximum atomic E-state index is 8.29. The highest BCUT2D eigenvalue weighted by Crippen LogP contribution is 1.76. The molecule has 0 heterocycles. The molecular weight excluding hydrogens is 90.1 g/mol. The molecule has 3 N–H and O–H groups in total. The monoisotopic (exact) mass is 101 g/mol. The second kappa shape index (κ2) is 3.84. The van der Waals surface area contributed by atoms with Crippen molar-refractivity contribution < 1.29 is 5.11 Å². The largest absolute Gasteiger partial charge is 0.394 e. The lowest BCUT2D eigenvalue weighted by atomic mass is 10.3. The summed E-state index contributed by atoms with van der Waals surface area (Å²) in [5.41, 5.74) is 5.25. The van der Waals surface area contributed by atoms with Gasteiger partial charge in [-0.15, -0.1) is 0 Å². The molecule has 0 amide bonds. The van der Waals surface area contributed by atoms with Gasteiger partial charge in [0.1, 0.15) is 0 Å². The molecule has 0 aromatic carbocycles. The topological polar surface area (TPSA) is 46.2 Å². The van der Waals surface area contributed by atoms with Crippen LogP contribution in [0.5, 0.6) is 0 Å². The van der Waals surface area contributed by atoms with E-state index < -0.39 is 0 Å². The van der Waals surface area contributed by atoms with Crippen LogP contribution in [-0.2, 0) is 0 Å². The lowest BCUT2D eigenvalue weighted by molar-refractivity contribution is 0.284. The van der Waals surface area contributed by atoms with Crippen LogP contribution in [0.3, 0.4) is 0 Å². The Kier molecular flexibility index (Phi) is 3.65. The molecule has 0 bridgehead atoms. The summed E-state index contributed by atoms with van der Waals surface area (Å²) < 4.78 is 0. The fourth-order valence-electron chi connectivity index (χ4n) is 0.308. The van der Waals surface area contributed by atoms with Crippen LogP contribution in [0.15, 0.2) is 12.2 Å². The molecule has 2 heteroatoms. The first kappa shape index (κ1) is 6.66. The third-order valence-electron chi connectivity index (χ3n) is 0.650. The van der Waals surface area contributed by atoms with Gasteiger partial charge in [-0.3, -0.25) is 0 Å². The molecule has 0 unspecified atom stereocenters. The van der Waals surface area contributed by atoms with E-state index in [1.165, 1.54) is 0 Å². The first-order chi connectivity index (χ1) is 3.31. The number of hydrogen-bond acceptors (Lipinski definition) is 2. The molecule has 0 radical (unpaired) electrons. The van der Waals surface area contributed by atoms with Crippen molar-refractivity contribution in [1.29, 1.82) is 0 Å². The van der Waals surface area contributed by atoms with E-state index >= 15 is 0 Å². The molecule has 42 valence electrons. The molecule has 2 nitrogen and oxygen atoms in total. The van der Waals surface area contributed by atoms with Crippen molar-refractivity contribution in [3.8, 4) is 0 Å². The van der Waals surface area contributed by atoms with E-state index in [0.29, 0.717) is 0 Å². The first-order valence-electron chi connectivity index (χ1n) is 2.30. The molecule has 7 heavy (non-hydrogen) atoms. The summed E-state index contributed by atoms with van der Waals surface area (Å²) in [6.45, 7) is 1.90. The third-order valence-corrected chi connectivity index (χ3v) is 0.650. The number of allylic oxidation sites excluding steroid dienone is 1. The van der Waals surface area contributed by atoms with E-state index in [2.05, 4.69) is 0 Å². The average molecular weight is 101 g/mol. The van der Waals surface area contributed by atoms with Gasteiger partial charge < -0.3 is 10.8 Å². The molecule has 0 aromatic heterocycles. The second-order valence-corrected chi connectivity index (χ2v) is 1.37. The molecule has 0 aromatic rings. The molecule has 0 aliphatic rings. The van der Waals surface area contributed by atoms with Crippen molar-refractivity contribution >= 4 is 0 Å². The number of hydrogen-bond donors (Lipinski definition) is 2. The van der Waals surface area contributed by atoms with Gasteiger partial charge in [-0.25, -0.2) is 0 Å². The van der Waals surface area contributed by atoms with Gasteiger partial charge in [0.05, 0.1) is 6.61 Å². The lowest BCUT2D eigenvalue weighted by Crippen LogP contribution is -2.20. The van der Waals surface area contributed by atoms with Crippen molar-refractivity contribution in [1.82, 2.24) is 0 Å². The summed E-state index contributed by atoms with van der Waals surface area (Å²) in [7, 11) is 0. The van der Waals surface area contributed by atoms with E-state index in [1.54, 1.807) is 6.08 Å². The van der Waals surface area contributed by atoms with Crippen molar-refractivity contribution in [2.45, 2.75) is 13.0 Å². The Bertz CT molecular complexity index is 61.1. The van der Waals surface area contributed by atoms with E-state index in [-0.39, 0.29) is 12.6 Å². The van der Waals surface area contributed by atoms with Crippen molar-refractivity contribution in [2.75, 3.05) is 6.61 Å². The Morgan fingerprint density at radius 1 is 1.86 bits per heavy atom. The number of aliphatic hydroxyl groups excluding tert-OH is 1. The molecule has 0 saturated heterocycles. The first-order valence-corrected chi connectivity index (χ1v) is 2.30. The summed E-state index contributed by atoms with van der Waals surface area (Å²) in [6.07, 6.45) is 3.57. The molecule has 0 saturated carbocycles. The van der Waals surface area contributed by atoms with Crippen molar-refractivity contribution in [3.05, 3.63) is 12.2 Å². The zero-order chi connectivity index (χ0) is 5.70. The summed E-state index contributed by atoms with van der Waals surface area (Å²) in [5.74, 6) is 0. The third kappa shape index (κ3) is 3.49. The Labute approximate surface area is 43.6 Å². The smallest absolute Gasteiger partial charge is 0.0618 e. The van der Waals surface area contributed by atoms with Gasteiger partial charge in [0.25, 0.3) is 0 Å². The minimum atomic E-state index is -0.176. The van der Waals surface area contributed by atoms with Gasteiger partial charge in [0.15, 0.2) is 0 Å². The minimum absolute atomic E-state index is 0.0321. The van der Waals surface area contributed by atoms with Gasteiger partial charge in [-0.05, 0) is 6.92 Å². The quantitative estimate of drug-likeness (QED) is 0.476. The molecule has 1 atom stereocenters. The molecular formula is C5H11NO. The average Bonchev–Trinajstić information content (AvgIpc) is 1.68. The normalized spacial score (nSPS) is 15.3. The Hall–Kier alpha value is -0.340. The minimum Gasteiger partial charge on any atom is -0.394 e. The highest BCUT2D eigenvalue weighted by atomic mass is 16.3. The number of aliphatic hydroxyl groups is 1.